The molecule has 2 N–H and O–H groups in total. The number of aliphatic hydroxyl groups is 1. The fraction of sp³-hybridized carbons (Fsp3) is 0.160. The second-order valence-corrected chi connectivity index (χ2v) is 8.12. The van der Waals surface area contributed by atoms with Gasteiger partial charge in [0.1, 0.15) is 11.6 Å². The van der Waals surface area contributed by atoms with E-state index in [1.807, 2.05) is 24.3 Å². The third kappa shape index (κ3) is 3.72. The minimum Gasteiger partial charge on any atom is -0.506 e. The van der Waals surface area contributed by atoms with E-state index in [1.54, 1.807) is 18.2 Å². The van der Waals surface area contributed by atoms with Crippen LogP contribution in [-0.2, 0) is 9.53 Å². The van der Waals surface area contributed by atoms with Crippen LogP contribution >= 0.6 is 11.6 Å². The van der Waals surface area contributed by atoms with Gasteiger partial charge in [-0.25, -0.2) is 4.39 Å². The molecule has 5 rings (SSSR count). The van der Waals surface area contributed by atoms with Crippen molar-refractivity contribution in [3.05, 3.63) is 82.6 Å². The van der Waals surface area contributed by atoms with Crippen molar-refractivity contribution >= 4 is 40.2 Å². The number of amides is 1. The number of nitrogens with zero attached hydrogens (tertiary/aromatic N) is 1. The summed E-state index contributed by atoms with van der Waals surface area (Å²) in [4.78, 5) is 14.9. The maximum absolute atomic E-state index is 13.7. The molecular formula is C25H20ClFN2O3. The first-order valence-corrected chi connectivity index (χ1v) is 10.7. The minimum absolute atomic E-state index is 0.0912. The highest BCUT2D eigenvalue weighted by Gasteiger charge is 2.30. The summed E-state index contributed by atoms with van der Waals surface area (Å²) < 4.78 is 19.1. The van der Waals surface area contributed by atoms with Gasteiger partial charge in [0.25, 0.3) is 5.91 Å². The highest BCUT2D eigenvalue weighted by molar-refractivity contribution is 6.38. The van der Waals surface area contributed by atoms with E-state index in [1.165, 1.54) is 18.2 Å². The van der Waals surface area contributed by atoms with E-state index >= 15 is 0 Å². The van der Waals surface area contributed by atoms with Gasteiger partial charge >= 0.3 is 0 Å². The molecule has 1 saturated heterocycles. The fourth-order valence-corrected chi connectivity index (χ4v) is 4.37. The van der Waals surface area contributed by atoms with Gasteiger partial charge in [-0.05, 0) is 42.0 Å². The number of benzene rings is 3. The Morgan fingerprint density at radius 1 is 1.03 bits per heavy atom. The van der Waals surface area contributed by atoms with Crippen LogP contribution < -0.4 is 10.2 Å². The Kier molecular flexibility index (Phi) is 5.33. The molecule has 162 valence electrons. The summed E-state index contributed by atoms with van der Waals surface area (Å²) in [6.45, 7) is 3.12. The number of anilines is 2. The predicted molar refractivity (Wildman–Crippen MR) is 124 cm³/mol. The Morgan fingerprint density at radius 3 is 2.50 bits per heavy atom. The first kappa shape index (κ1) is 20.5. The zero-order chi connectivity index (χ0) is 22.2. The third-order valence-corrected chi connectivity index (χ3v) is 6.05. The standard InChI is InChI=1S/C25H20ClFN2O3/c26-21-14-22-20(23(25(31)28-22)24(30)16-2-1-3-17(27)12-16)13-19(21)15-4-6-18(7-5-15)29-8-10-32-11-9-29/h1-7,12-14,30H,8-11H2,(H,28,31)/b24-23-. The molecule has 1 fully saturated rings. The van der Waals surface area contributed by atoms with Crippen LogP contribution in [0.25, 0.3) is 22.5 Å². The Bertz CT molecular complexity index is 1230. The Morgan fingerprint density at radius 2 is 1.78 bits per heavy atom. The van der Waals surface area contributed by atoms with Gasteiger partial charge in [0.2, 0.25) is 0 Å². The SMILES string of the molecule is O=C1Nc2cc(Cl)c(-c3ccc(N4CCOCC4)cc3)cc2/C1=C(/O)c1cccc(F)c1. The van der Waals surface area contributed by atoms with E-state index in [-0.39, 0.29) is 16.9 Å². The monoisotopic (exact) mass is 450 g/mol. The average molecular weight is 451 g/mol. The molecule has 3 aromatic rings. The number of morpholine rings is 1. The number of aliphatic hydroxyl groups excluding tert-OH is 1. The van der Waals surface area contributed by atoms with Crippen molar-refractivity contribution in [3.8, 4) is 11.1 Å². The molecule has 2 aliphatic heterocycles. The van der Waals surface area contributed by atoms with Crippen molar-refractivity contribution in [1.82, 2.24) is 0 Å². The largest absolute Gasteiger partial charge is 0.506 e. The molecule has 7 heteroatoms. The maximum atomic E-state index is 13.7. The molecule has 0 saturated carbocycles. The normalized spacial score (nSPS) is 17.2. The average Bonchev–Trinajstić information content (AvgIpc) is 3.13. The molecular weight excluding hydrogens is 431 g/mol. The molecule has 0 radical (unpaired) electrons. The summed E-state index contributed by atoms with van der Waals surface area (Å²) in [6, 6.07) is 17.0. The number of ether oxygens (including phenoxy) is 1. The second kappa shape index (κ2) is 8.30. The molecule has 5 nitrogen and oxygen atoms in total. The summed E-state index contributed by atoms with van der Waals surface area (Å²) in [6.07, 6.45) is 0. The summed E-state index contributed by atoms with van der Waals surface area (Å²) in [7, 11) is 0. The Labute approximate surface area is 189 Å². The molecule has 0 aromatic heterocycles. The molecule has 3 aromatic carbocycles. The predicted octanol–water partition coefficient (Wildman–Crippen LogP) is 5.36. The summed E-state index contributed by atoms with van der Waals surface area (Å²) in [5, 5.41) is 14.0. The number of hydrogen-bond donors (Lipinski definition) is 2. The van der Waals surface area contributed by atoms with Gasteiger partial charge in [-0.1, -0.05) is 35.9 Å². The highest BCUT2D eigenvalue weighted by Crippen LogP contribution is 2.42. The van der Waals surface area contributed by atoms with Gasteiger partial charge in [-0.2, -0.15) is 0 Å². The van der Waals surface area contributed by atoms with Crippen molar-refractivity contribution < 1.29 is 19.0 Å². The topological polar surface area (TPSA) is 61.8 Å². The number of hydrogen-bond acceptors (Lipinski definition) is 4. The van der Waals surface area contributed by atoms with Crippen molar-refractivity contribution in [2.75, 3.05) is 36.5 Å². The zero-order valence-electron chi connectivity index (χ0n) is 17.1. The van der Waals surface area contributed by atoms with Crippen LogP contribution in [0.4, 0.5) is 15.8 Å². The van der Waals surface area contributed by atoms with Gasteiger partial charge in [0.05, 0.1) is 29.5 Å². The Balaban J connectivity index is 1.54. The zero-order valence-corrected chi connectivity index (χ0v) is 17.8. The van der Waals surface area contributed by atoms with Crippen LogP contribution in [0.5, 0.6) is 0 Å². The lowest BCUT2D eigenvalue weighted by Gasteiger charge is -2.29. The highest BCUT2D eigenvalue weighted by atomic mass is 35.5. The number of carbonyl (C=O) groups is 1. The second-order valence-electron chi connectivity index (χ2n) is 7.71. The lowest BCUT2D eigenvalue weighted by atomic mass is 9.97. The molecule has 32 heavy (non-hydrogen) atoms. The van der Waals surface area contributed by atoms with Crippen LogP contribution in [0.15, 0.2) is 60.7 Å². The van der Waals surface area contributed by atoms with Gasteiger partial charge in [0, 0.05) is 35.5 Å². The van der Waals surface area contributed by atoms with E-state index in [0.29, 0.717) is 29.5 Å². The molecule has 0 aliphatic carbocycles. The number of rotatable bonds is 3. The van der Waals surface area contributed by atoms with E-state index < -0.39 is 11.7 Å². The quantitative estimate of drug-likeness (QED) is 0.416. The first-order chi connectivity index (χ1) is 15.5. The van der Waals surface area contributed by atoms with E-state index in [0.717, 1.165) is 29.9 Å². The lowest BCUT2D eigenvalue weighted by molar-refractivity contribution is -0.110. The van der Waals surface area contributed by atoms with Gasteiger partial charge in [-0.3, -0.25) is 4.79 Å². The van der Waals surface area contributed by atoms with E-state index in [9.17, 15) is 14.3 Å². The van der Waals surface area contributed by atoms with Crippen LogP contribution in [-0.4, -0.2) is 37.3 Å². The van der Waals surface area contributed by atoms with Crippen LogP contribution in [0, 0.1) is 5.82 Å². The van der Waals surface area contributed by atoms with Crippen molar-refractivity contribution in [1.29, 1.82) is 0 Å². The number of fused-ring (bicyclic) bond motifs is 1. The van der Waals surface area contributed by atoms with Gasteiger partial charge in [0.15, 0.2) is 0 Å². The van der Waals surface area contributed by atoms with Gasteiger partial charge < -0.3 is 20.1 Å². The van der Waals surface area contributed by atoms with E-state index in [4.69, 9.17) is 16.3 Å². The Hall–Kier alpha value is -3.35. The molecule has 1 amide bonds. The first-order valence-electron chi connectivity index (χ1n) is 10.3. The summed E-state index contributed by atoms with van der Waals surface area (Å²) >= 11 is 6.54. The molecule has 0 unspecified atom stereocenters. The maximum Gasteiger partial charge on any atom is 0.260 e. The molecule has 0 spiro atoms. The summed E-state index contributed by atoms with van der Waals surface area (Å²) in [5.74, 6) is -1.24. The number of carbonyl (C=O) groups excluding carboxylic acids is 1. The van der Waals surface area contributed by atoms with Crippen LogP contribution in [0.2, 0.25) is 5.02 Å². The fourth-order valence-electron chi connectivity index (χ4n) is 4.10. The van der Waals surface area contributed by atoms with Crippen molar-refractivity contribution in [3.63, 3.8) is 0 Å². The summed E-state index contributed by atoms with van der Waals surface area (Å²) in [5.41, 5.74) is 4.08. The molecule has 0 bridgehead atoms. The molecule has 2 aliphatic rings. The van der Waals surface area contributed by atoms with Crippen molar-refractivity contribution in [2.45, 2.75) is 0 Å². The van der Waals surface area contributed by atoms with E-state index in [2.05, 4.69) is 10.2 Å². The molecule has 2 heterocycles. The smallest absolute Gasteiger partial charge is 0.260 e. The van der Waals surface area contributed by atoms with Gasteiger partial charge in [-0.15, -0.1) is 0 Å². The lowest BCUT2D eigenvalue weighted by Crippen LogP contribution is -2.36. The number of nitrogens with one attached hydrogen (secondary N) is 1. The van der Waals surface area contributed by atoms with Crippen LogP contribution in [0.3, 0.4) is 0 Å². The van der Waals surface area contributed by atoms with Crippen molar-refractivity contribution in [2.24, 2.45) is 0 Å². The number of halogens is 2. The van der Waals surface area contributed by atoms with Crippen LogP contribution in [0.1, 0.15) is 11.1 Å². The molecule has 0 atom stereocenters. The minimum atomic E-state index is -0.495. The third-order valence-electron chi connectivity index (χ3n) is 5.74.